The van der Waals surface area contributed by atoms with E-state index in [1.807, 2.05) is 30.3 Å². The highest BCUT2D eigenvalue weighted by molar-refractivity contribution is 9.11. The van der Waals surface area contributed by atoms with Crippen molar-refractivity contribution in [3.63, 3.8) is 0 Å². The Hall–Kier alpha value is -1.31. The number of rotatable bonds is 4. The Bertz CT molecular complexity index is 607. The van der Waals surface area contributed by atoms with E-state index >= 15 is 0 Å². The van der Waals surface area contributed by atoms with Crippen molar-refractivity contribution in [2.45, 2.75) is 12.5 Å². The summed E-state index contributed by atoms with van der Waals surface area (Å²) in [4.78, 5) is 20.2. The van der Waals surface area contributed by atoms with Crippen LogP contribution in [0.25, 0.3) is 0 Å². The van der Waals surface area contributed by atoms with Gasteiger partial charge in [0.05, 0.1) is 12.2 Å². The number of nitrogens with zero attached hydrogens (tertiary/aromatic N) is 2. The van der Waals surface area contributed by atoms with Crippen molar-refractivity contribution in [2.75, 3.05) is 5.32 Å². The van der Waals surface area contributed by atoms with E-state index < -0.39 is 6.04 Å². The van der Waals surface area contributed by atoms with Crippen molar-refractivity contribution in [1.29, 1.82) is 0 Å². The fourth-order valence-corrected chi connectivity index (χ4v) is 2.51. The van der Waals surface area contributed by atoms with Crippen LogP contribution >= 0.6 is 31.9 Å². The highest BCUT2D eigenvalue weighted by atomic mass is 79.9. The smallest absolute Gasteiger partial charge is 0.242 e. The molecule has 0 unspecified atom stereocenters. The zero-order valence-electron chi connectivity index (χ0n) is 10.4. The number of nitrogens with one attached hydrogen (secondary N) is 1. The molecule has 1 heterocycles. The molecule has 0 spiro atoms. The normalized spacial score (nSPS) is 11.9. The number of anilines is 1. The lowest BCUT2D eigenvalue weighted by Crippen LogP contribution is -2.37. The third-order valence-corrected chi connectivity index (χ3v) is 3.51. The molecule has 104 valence electrons. The fraction of sp³-hybridized carbons (Fsp3) is 0.154. The first-order chi connectivity index (χ1) is 9.56. The number of hydrogen-bond donors (Lipinski definition) is 2. The summed E-state index contributed by atoms with van der Waals surface area (Å²) in [7, 11) is 0. The van der Waals surface area contributed by atoms with Crippen LogP contribution in [0.4, 0.5) is 5.82 Å². The average molecular weight is 400 g/mol. The summed E-state index contributed by atoms with van der Waals surface area (Å²) >= 11 is 6.43. The maximum absolute atomic E-state index is 12.0. The highest BCUT2D eigenvalue weighted by Crippen LogP contribution is 2.19. The van der Waals surface area contributed by atoms with E-state index in [2.05, 4.69) is 47.1 Å². The van der Waals surface area contributed by atoms with Crippen molar-refractivity contribution in [3.8, 4) is 0 Å². The van der Waals surface area contributed by atoms with Gasteiger partial charge < -0.3 is 11.1 Å². The van der Waals surface area contributed by atoms with Gasteiger partial charge in [0.25, 0.3) is 0 Å². The second-order valence-electron chi connectivity index (χ2n) is 4.12. The van der Waals surface area contributed by atoms with Crippen LogP contribution in [0.1, 0.15) is 5.56 Å². The third-order valence-electron chi connectivity index (χ3n) is 2.58. The quantitative estimate of drug-likeness (QED) is 0.827. The molecule has 0 aliphatic carbocycles. The number of hydrogen-bond acceptors (Lipinski definition) is 4. The molecule has 1 aromatic carbocycles. The molecule has 0 radical (unpaired) electrons. The number of carbonyl (C=O) groups is 1. The molecule has 0 saturated carbocycles. The Labute approximate surface area is 133 Å². The molecular formula is C13H12Br2N4O. The van der Waals surface area contributed by atoms with E-state index in [1.54, 1.807) is 0 Å². The van der Waals surface area contributed by atoms with Crippen molar-refractivity contribution in [1.82, 2.24) is 9.97 Å². The standard InChI is InChI=1S/C13H12Br2N4O/c14-10-7-17-12(11(15)18-10)19-13(20)9(16)6-8-4-2-1-3-5-8/h1-5,7,9H,6,16H2,(H,17,19,20)/t9-/m1/s1. The Kier molecular flexibility index (Phi) is 5.22. The van der Waals surface area contributed by atoms with Crippen molar-refractivity contribution < 1.29 is 4.79 Å². The van der Waals surface area contributed by atoms with Gasteiger partial charge >= 0.3 is 0 Å². The number of amides is 1. The summed E-state index contributed by atoms with van der Waals surface area (Å²) in [6, 6.07) is 8.97. The second kappa shape index (κ2) is 6.92. The topological polar surface area (TPSA) is 80.9 Å². The molecule has 2 aromatic rings. The Balaban J connectivity index is 2.01. The molecule has 5 nitrogen and oxygen atoms in total. The first kappa shape index (κ1) is 15.1. The van der Waals surface area contributed by atoms with Crippen LogP contribution in [0.15, 0.2) is 45.7 Å². The number of carbonyl (C=O) groups excluding carboxylic acids is 1. The molecule has 3 N–H and O–H groups in total. The van der Waals surface area contributed by atoms with Crippen LogP contribution in [0.5, 0.6) is 0 Å². The largest absolute Gasteiger partial charge is 0.320 e. The van der Waals surface area contributed by atoms with Crippen LogP contribution in [0.2, 0.25) is 0 Å². The summed E-state index contributed by atoms with van der Waals surface area (Å²) < 4.78 is 1.03. The van der Waals surface area contributed by atoms with Crippen molar-refractivity contribution >= 4 is 43.6 Å². The summed E-state index contributed by atoms with van der Waals surface area (Å²) in [6.45, 7) is 0. The SMILES string of the molecule is N[C@H](Cc1ccccc1)C(=O)Nc1ncc(Br)nc1Br. The summed E-state index contributed by atoms with van der Waals surface area (Å²) in [5.74, 6) is 0.0490. The number of benzene rings is 1. The van der Waals surface area contributed by atoms with Gasteiger partial charge in [0, 0.05) is 0 Å². The van der Waals surface area contributed by atoms with E-state index in [0.717, 1.165) is 5.56 Å². The van der Waals surface area contributed by atoms with E-state index in [1.165, 1.54) is 6.20 Å². The summed E-state index contributed by atoms with van der Waals surface area (Å²) in [5, 5.41) is 2.65. The van der Waals surface area contributed by atoms with Crippen LogP contribution in [0, 0.1) is 0 Å². The Morgan fingerprint density at radius 2 is 2.00 bits per heavy atom. The maximum Gasteiger partial charge on any atom is 0.242 e. The first-order valence-corrected chi connectivity index (χ1v) is 7.43. The minimum absolute atomic E-state index is 0.300. The van der Waals surface area contributed by atoms with Gasteiger partial charge in [-0.25, -0.2) is 9.97 Å². The molecule has 1 aromatic heterocycles. The maximum atomic E-state index is 12.0. The molecule has 7 heteroatoms. The average Bonchev–Trinajstić information content (AvgIpc) is 2.43. The molecule has 20 heavy (non-hydrogen) atoms. The minimum atomic E-state index is -0.644. The summed E-state index contributed by atoms with van der Waals surface area (Å²) in [6.07, 6.45) is 1.97. The molecule has 0 saturated heterocycles. The zero-order chi connectivity index (χ0) is 14.5. The number of aromatic nitrogens is 2. The van der Waals surface area contributed by atoms with Gasteiger partial charge in [-0.05, 0) is 43.8 Å². The van der Waals surface area contributed by atoms with Gasteiger partial charge in [-0.15, -0.1) is 0 Å². The van der Waals surface area contributed by atoms with Crippen LogP contribution < -0.4 is 11.1 Å². The molecular weight excluding hydrogens is 388 g/mol. The highest BCUT2D eigenvalue weighted by Gasteiger charge is 2.16. The fourth-order valence-electron chi connectivity index (χ4n) is 1.60. The van der Waals surface area contributed by atoms with E-state index in [0.29, 0.717) is 21.4 Å². The Morgan fingerprint density at radius 3 is 2.65 bits per heavy atom. The predicted molar refractivity (Wildman–Crippen MR) is 84.2 cm³/mol. The summed E-state index contributed by atoms with van der Waals surface area (Å²) in [5.41, 5.74) is 6.90. The third kappa shape index (κ3) is 4.09. The molecule has 0 aliphatic rings. The second-order valence-corrected chi connectivity index (χ2v) is 5.68. The van der Waals surface area contributed by atoms with Crippen molar-refractivity contribution in [3.05, 3.63) is 51.3 Å². The minimum Gasteiger partial charge on any atom is -0.320 e. The molecule has 1 atom stereocenters. The lowest BCUT2D eigenvalue weighted by molar-refractivity contribution is -0.117. The molecule has 2 rings (SSSR count). The number of nitrogens with two attached hydrogens (primary N) is 1. The zero-order valence-corrected chi connectivity index (χ0v) is 13.6. The van der Waals surface area contributed by atoms with E-state index in [-0.39, 0.29) is 5.91 Å². The molecule has 0 bridgehead atoms. The molecule has 0 aliphatic heterocycles. The van der Waals surface area contributed by atoms with E-state index in [4.69, 9.17) is 5.73 Å². The van der Waals surface area contributed by atoms with Gasteiger partial charge in [0.1, 0.15) is 9.21 Å². The van der Waals surface area contributed by atoms with E-state index in [9.17, 15) is 4.79 Å². The first-order valence-electron chi connectivity index (χ1n) is 5.84. The van der Waals surface area contributed by atoms with Crippen LogP contribution in [-0.2, 0) is 11.2 Å². The number of halogens is 2. The van der Waals surface area contributed by atoms with Gasteiger partial charge in [-0.1, -0.05) is 30.3 Å². The van der Waals surface area contributed by atoms with Crippen LogP contribution in [-0.4, -0.2) is 21.9 Å². The lowest BCUT2D eigenvalue weighted by Gasteiger charge is -2.12. The van der Waals surface area contributed by atoms with Crippen LogP contribution in [0.3, 0.4) is 0 Å². The predicted octanol–water partition coefficient (Wildman–Crippen LogP) is 2.51. The Morgan fingerprint density at radius 1 is 1.30 bits per heavy atom. The lowest BCUT2D eigenvalue weighted by atomic mass is 10.1. The molecule has 0 fully saturated rings. The van der Waals surface area contributed by atoms with Gasteiger partial charge in [-0.2, -0.15) is 0 Å². The van der Waals surface area contributed by atoms with Crippen molar-refractivity contribution in [2.24, 2.45) is 5.73 Å². The van der Waals surface area contributed by atoms with Gasteiger partial charge in [0.15, 0.2) is 5.82 Å². The monoisotopic (exact) mass is 398 g/mol. The van der Waals surface area contributed by atoms with Gasteiger partial charge in [0.2, 0.25) is 5.91 Å². The molecule has 1 amide bonds. The van der Waals surface area contributed by atoms with Gasteiger partial charge in [-0.3, -0.25) is 4.79 Å².